The number of benzene rings is 1. The molecule has 1 aliphatic rings. The van der Waals surface area contributed by atoms with Crippen molar-refractivity contribution in [1.82, 2.24) is 25.7 Å². The number of alkyl halides is 5. The van der Waals surface area contributed by atoms with Crippen LogP contribution in [0.15, 0.2) is 28.8 Å². The fraction of sp³-hybridized carbons (Fsp3) is 0.542. The number of carbonyl (C=O) groups excluding carboxylic acids is 3. The highest BCUT2D eigenvalue weighted by molar-refractivity contribution is 5.91. The highest BCUT2D eigenvalue weighted by Gasteiger charge is 2.39. The summed E-state index contributed by atoms with van der Waals surface area (Å²) < 4.78 is 71.7. The van der Waals surface area contributed by atoms with Crippen LogP contribution >= 0.6 is 0 Å². The largest absolute Gasteiger partial charge is 0.471 e. The molecule has 3 rings (SSSR count). The Morgan fingerprint density at radius 1 is 1.21 bits per heavy atom. The molecule has 0 saturated carbocycles. The maximum atomic E-state index is 13.0. The van der Waals surface area contributed by atoms with Gasteiger partial charge in [0.1, 0.15) is 12.1 Å². The zero-order chi connectivity index (χ0) is 28.7. The van der Waals surface area contributed by atoms with Crippen molar-refractivity contribution in [3.8, 4) is 11.4 Å². The normalized spacial score (nSPS) is 18.5. The summed E-state index contributed by atoms with van der Waals surface area (Å²) in [6, 6.07) is 4.08. The van der Waals surface area contributed by atoms with Gasteiger partial charge in [-0.15, -0.1) is 0 Å². The van der Waals surface area contributed by atoms with Crippen molar-refractivity contribution in [2.45, 2.75) is 64.3 Å². The Labute approximate surface area is 220 Å². The molecule has 1 aromatic carbocycles. The van der Waals surface area contributed by atoms with Crippen molar-refractivity contribution in [3.05, 3.63) is 35.7 Å². The van der Waals surface area contributed by atoms with Gasteiger partial charge in [-0.05, 0) is 31.2 Å². The average Bonchev–Trinajstić information content (AvgIpc) is 3.41. The second-order valence-corrected chi connectivity index (χ2v) is 9.04. The first-order valence-electron chi connectivity index (χ1n) is 12.2. The van der Waals surface area contributed by atoms with Crippen LogP contribution in [-0.4, -0.2) is 64.6 Å². The van der Waals surface area contributed by atoms with Gasteiger partial charge in [0, 0.05) is 18.7 Å². The maximum Gasteiger partial charge on any atom is 0.471 e. The summed E-state index contributed by atoms with van der Waals surface area (Å²) in [6.07, 6.45) is -6.95. The van der Waals surface area contributed by atoms with Gasteiger partial charge in [-0.3, -0.25) is 14.5 Å². The number of rotatable bonds is 9. The Morgan fingerprint density at radius 3 is 2.49 bits per heavy atom. The number of carbonyl (C=O) groups is 3. The molecule has 0 spiro atoms. The second kappa shape index (κ2) is 12.8. The zero-order valence-corrected chi connectivity index (χ0v) is 21.1. The van der Waals surface area contributed by atoms with E-state index in [-0.39, 0.29) is 30.4 Å². The summed E-state index contributed by atoms with van der Waals surface area (Å²) in [5.74, 6) is -2.70. The molecule has 1 fully saturated rings. The maximum absolute atomic E-state index is 13.0. The highest BCUT2D eigenvalue weighted by atomic mass is 19.4. The predicted molar refractivity (Wildman–Crippen MR) is 125 cm³/mol. The van der Waals surface area contributed by atoms with Gasteiger partial charge in [0.25, 0.3) is 6.43 Å². The molecule has 3 amide bonds. The fourth-order valence-electron chi connectivity index (χ4n) is 4.04. The van der Waals surface area contributed by atoms with Crippen molar-refractivity contribution in [1.29, 1.82) is 0 Å². The van der Waals surface area contributed by atoms with Crippen LogP contribution in [0.4, 0.5) is 26.7 Å². The summed E-state index contributed by atoms with van der Waals surface area (Å²) >= 11 is 0. The number of likely N-dealkylation sites (tertiary alicyclic amines) is 1. The molecule has 0 bridgehead atoms. The van der Waals surface area contributed by atoms with E-state index in [1.807, 2.05) is 6.92 Å². The summed E-state index contributed by atoms with van der Waals surface area (Å²) in [5, 5.41) is 8.50. The molecule has 0 radical (unpaired) electrons. The minimum Gasteiger partial charge on any atom is -0.443 e. The van der Waals surface area contributed by atoms with Crippen molar-refractivity contribution in [2.75, 3.05) is 13.2 Å². The number of nitrogens with zero attached hydrogens (tertiary/aromatic N) is 3. The van der Waals surface area contributed by atoms with Crippen LogP contribution in [0.3, 0.4) is 0 Å². The monoisotopic (exact) mass is 561 g/mol. The first-order valence-corrected chi connectivity index (χ1v) is 12.2. The number of hydrogen-bond donors (Lipinski definition) is 2. The number of halogens is 5. The molecule has 1 aliphatic heterocycles. The predicted octanol–water partition coefficient (Wildman–Crippen LogP) is 3.77. The standard InChI is InChI=1S/C24H28F5N5O5/c1-3-14-8-9-34(23(37)38-12-18(25)26)17(10-14)21(36)31-13(2)20(35)30-11-15-4-6-16(7-5-15)19-32-22(39-33-19)24(27,28)29/h4-7,13-14,17-18H,3,8-12H2,1-2H3,(H,30,35)(H,31,36)/t13-,14-,17+/m0/s1. The summed E-state index contributed by atoms with van der Waals surface area (Å²) in [6.45, 7) is 2.52. The van der Waals surface area contributed by atoms with Crippen LogP contribution in [-0.2, 0) is 27.0 Å². The lowest BCUT2D eigenvalue weighted by molar-refractivity contribution is -0.159. The number of amides is 3. The van der Waals surface area contributed by atoms with Crippen molar-refractivity contribution < 1.29 is 45.6 Å². The van der Waals surface area contributed by atoms with Crippen LogP contribution in [0.5, 0.6) is 0 Å². The molecule has 15 heteroatoms. The van der Waals surface area contributed by atoms with Crippen LogP contribution in [0.25, 0.3) is 11.4 Å². The number of ether oxygens (including phenoxy) is 1. The molecule has 1 saturated heterocycles. The van der Waals surface area contributed by atoms with E-state index in [1.165, 1.54) is 19.1 Å². The number of piperidine rings is 1. The van der Waals surface area contributed by atoms with Gasteiger partial charge in [-0.25, -0.2) is 13.6 Å². The summed E-state index contributed by atoms with van der Waals surface area (Å²) in [4.78, 5) is 42.3. The van der Waals surface area contributed by atoms with Crippen molar-refractivity contribution >= 4 is 17.9 Å². The Hall–Kier alpha value is -3.78. The molecular weight excluding hydrogens is 533 g/mol. The second-order valence-electron chi connectivity index (χ2n) is 9.04. The quantitative estimate of drug-likeness (QED) is 0.447. The van der Waals surface area contributed by atoms with Gasteiger partial charge in [0.15, 0.2) is 6.61 Å². The Bertz CT molecular complexity index is 1140. The third-order valence-electron chi connectivity index (χ3n) is 6.26. The minimum atomic E-state index is -4.76. The molecule has 2 aromatic rings. The lowest BCUT2D eigenvalue weighted by atomic mass is 9.88. The van der Waals surface area contributed by atoms with Crippen LogP contribution in [0.1, 0.15) is 44.6 Å². The smallest absolute Gasteiger partial charge is 0.443 e. The van der Waals surface area contributed by atoms with Gasteiger partial charge in [-0.2, -0.15) is 18.2 Å². The van der Waals surface area contributed by atoms with E-state index >= 15 is 0 Å². The molecule has 10 nitrogen and oxygen atoms in total. The van der Waals surface area contributed by atoms with E-state index in [0.29, 0.717) is 18.4 Å². The number of nitrogens with one attached hydrogen (secondary N) is 2. The van der Waals surface area contributed by atoms with Gasteiger partial charge in [0.2, 0.25) is 17.6 Å². The molecule has 39 heavy (non-hydrogen) atoms. The van der Waals surface area contributed by atoms with Crippen LogP contribution in [0, 0.1) is 5.92 Å². The van der Waals surface area contributed by atoms with Crippen molar-refractivity contribution in [2.24, 2.45) is 5.92 Å². The Kier molecular flexibility index (Phi) is 9.81. The SMILES string of the molecule is CC[C@H]1CCN(C(=O)OCC(F)F)[C@@H](C(=O)N[C@@H](C)C(=O)NCc2ccc(-c3noc(C(F)(F)F)n3)cc2)C1. The molecular formula is C24H28F5N5O5. The third-order valence-corrected chi connectivity index (χ3v) is 6.26. The lowest BCUT2D eigenvalue weighted by Crippen LogP contribution is -2.56. The topological polar surface area (TPSA) is 127 Å². The van der Waals surface area contributed by atoms with E-state index in [9.17, 15) is 36.3 Å². The van der Waals surface area contributed by atoms with E-state index in [2.05, 4.69) is 30.0 Å². The van der Waals surface area contributed by atoms with Gasteiger partial charge in [0.05, 0.1) is 0 Å². The summed E-state index contributed by atoms with van der Waals surface area (Å²) in [5.41, 5.74) is 0.885. The van der Waals surface area contributed by atoms with Crippen LogP contribution < -0.4 is 10.6 Å². The van der Waals surface area contributed by atoms with Gasteiger partial charge < -0.3 is 19.9 Å². The molecule has 3 atom stereocenters. The van der Waals surface area contributed by atoms with Gasteiger partial charge >= 0.3 is 18.2 Å². The van der Waals surface area contributed by atoms with E-state index < -0.39 is 55.1 Å². The molecule has 1 aromatic heterocycles. The van der Waals surface area contributed by atoms with E-state index in [1.54, 1.807) is 12.1 Å². The zero-order valence-electron chi connectivity index (χ0n) is 21.1. The molecule has 2 heterocycles. The fourth-order valence-corrected chi connectivity index (χ4v) is 4.04. The molecule has 0 unspecified atom stereocenters. The van der Waals surface area contributed by atoms with E-state index in [0.717, 1.165) is 11.3 Å². The van der Waals surface area contributed by atoms with E-state index in [4.69, 9.17) is 0 Å². The Balaban J connectivity index is 1.55. The molecule has 0 aliphatic carbocycles. The Morgan fingerprint density at radius 2 is 1.90 bits per heavy atom. The lowest BCUT2D eigenvalue weighted by Gasteiger charge is -2.37. The number of aromatic nitrogens is 2. The molecule has 2 N–H and O–H groups in total. The third kappa shape index (κ3) is 8.10. The number of hydrogen-bond acceptors (Lipinski definition) is 7. The van der Waals surface area contributed by atoms with Gasteiger partial charge in [-0.1, -0.05) is 42.8 Å². The first-order chi connectivity index (χ1) is 18.4. The average molecular weight is 562 g/mol. The first kappa shape index (κ1) is 29.8. The summed E-state index contributed by atoms with van der Waals surface area (Å²) in [7, 11) is 0. The van der Waals surface area contributed by atoms with Crippen LogP contribution in [0.2, 0.25) is 0 Å². The molecule has 214 valence electrons. The minimum absolute atomic E-state index is 0.0484. The highest BCUT2D eigenvalue weighted by Crippen LogP contribution is 2.29. The van der Waals surface area contributed by atoms with Crippen molar-refractivity contribution in [3.63, 3.8) is 0 Å².